The SMILES string of the molecule is CNC(=S)N[C@@H]1C[C@]1(C)OC. The van der Waals surface area contributed by atoms with Gasteiger partial charge in [-0.1, -0.05) is 0 Å². The van der Waals surface area contributed by atoms with E-state index in [1.54, 1.807) is 7.11 Å². The summed E-state index contributed by atoms with van der Waals surface area (Å²) in [5, 5.41) is 6.69. The molecule has 0 spiro atoms. The van der Waals surface area contributed by atoms with E-state index in [-0.39, 0.29) is 5.60 Å². The first-order valence-electron chi connectivity index (χ1n) is 3.66. The van der Waals surface area contributed by atoms with E-state index >= 15 is 0 Å². The zero-order chi connectivity index (χ0) is 8.48. The van der Waals surface area contributed by atoms with Gasteiger partial charge in [0.1, 0.15) is 0 Å². The Hall–Kier alpha value is -0.350. The highest BCUT2D eigenvalue weighted by atomic mass is 32.1. The molecule has 64 valence electrons. The van der Waals surface area contributed by atoms with Crippen LogP contribution in [0.2, 0.25) is 0 Å². The second-order valence-corrected chi connectivity index (χ2v) is 3.41. The van der Waals surface area contributed by atoms with Gasteiger partial charge in [0, 0.05) is 20.6 Å². The van der Waals surface area contributed by atoms with Gasteiger partial charge in [0.25, 0.3) is 0 Å². The fourth-order valence-electron chi connectivity index (χ4n) is 1.01. The van der Waals surface area contributed by atoms with Crippen molar-refractivity contribution in [1.82, 2.24) is 10.6 Å². The van der Waals surface area contributed by atoms with Crippen LogP contribution in [-0.2, 0) is 4.74 Å². The number of rotatable bonds is 2. The third kappa shape index (κ3) is 1.81. The minimum atomic E-state index is 0.000903. The van der Waals surface area contributed by atoms with Crippen LogP contribution in [0.1, 0.15) is 13.3 Å². The number of methoxy groups -OCH3 is 1. The second-order valence-electron chi connectivity index (χ2n) is 3.00. The Labute approximate surface area is 72.5 Å². The average molecular weight is 174 g/mol. The number of thiocarbonyl (C=S) groups is 1. The maximum atomic E-state index is 5.26. The summed E-state index contributed by atoms with van der Waals surface area (Å²) in [4.78, 5) is 0. The average Bonchev–Trinajstić information content (AvgIpc) is 2.63. The number of nitrogens with one attached hydrogen (secondary N) is 2. The van der Waals surface area contributed by atoms with Gasteiger partial charge >= 0.3 is 0 Å². The predicted octanol–water partition coefficient (Wildman–Crippen LogP) is 0.258. The van der Waals surface area contributed by atoms with Crippen LogP contribution in [0.25, 0.3) is 0 Å². The Kier molecular flexibility index (Phi) is 2.34. The summed E-state index contributed by atoms with van der Waals surface area (Å²) in [5.41, 5.74) is 0.000903. The zero-order valence-corrected chi connectivity index (χ0v) is 7.92. The lowest BCUT2D eigenvalue weighted by molar-refractivity contribution is 0.0896. The summed E-state index contributed by atoms with van der Waals surface area (Å²) in [6, 6.07) is 0.382. The van der Waals surface area contributed by atoms with Crippen LogP contribution in [0.3, 0.4) is 0 Å². The quantitative estimate of drug-likeness (QED) is 0.588. The van der Waals surface area contributed by atoms with E-state index in [4.69, 9.17) is 17.0 Å². The topological polar surface area (TPSA) is 33.3 Å². The van der Waals surface area contributed by atoms with E-state index in [1.807, 2.05) is 7.05 Å². The Balaban J connectivity index is 2.28. The molecule has 0 aromatic heterocycles. The van der Waals surface area contributed by atoms with Crippen LogP contribution in [-0.4, -0.2) is 30.9 Å². The standard InChI is InChI=1S/C7H14N2OS/c1-7(10-3)4-5(7)9-6(11)8-2/h5H,4H2,1-3H3,(H2,8,9,11)/t5-,7+/m1/s1. The van der Waals surface area contributed by atoms with Gasteiger partial charge < -0.3 is 15.4 Å². The van der Waals surface area contributed by atoms with Crippen LogP contribution in [0, 0.1) is 0 Å². The van der Waals surface area contributed by atoms with Gasteiger partial charge in [0.2, 0.25) is 0 Å². The smallest absolute Gasteiger partial charge is 0.166 e. The van der Waals surface area contributed by atoms with Gasteiger partial charge in [-0.25, -0.2) is 0 Å². The molecule has 1 fully saturated rings. The van der Waals surface area contributed by atoms with Gasteiger partial charge in [0.15, 0.2) is 5.11 Å². The van der Waals surface area contributed by atoms with Crippen LogP contribution < -0.4 is 10.6 Å². The fourth-order valence-corrected chi connectivity index (χ4v) is 1.15. The van der Waals surface area contributed by atoms with Crippen molar-refractivity contribution in [2.24, 2.45) is 0 Å². The van der Waals surface area contributed by atoms with Crippen LogP contribution in [0.4, 0.5) is 0 Å². The summed E-state index contributed by atoms with van der Waals surface area (Å²) in [6.07, 6.45) is 1.03. The molecule has 0 bridgehead atoms. The van der Waals surface area contributed by atoms with E-state index in [9.17, 15) is 0 Å². The van der Waals surface area contributed by atoms with E-state index < -0.39 is 0 Å². The molecule has 3 nitrogen and oxygen atoms in total. The minimum Gasteiger partial charge on any atom is -0.376 e. The first-order chi connectivity index (χ1) is 5.12. The monoisotopic (exact) mass is 174 g/mol. The molecule has 0 unspecified atom stereocenters. The van der Waals surface area contributed by atoms with Crippen molar-refractivity contribution in [3.8, 4) is 0 Å². The molecule has 0 amide bonds. The van der Waals surface area contributed by atoms with Crippen LogP contribution >= 0.6 is 12.2 Å². The molecule has 0 radical (unpaired) electrons. The lowest BCUT2D eigenvalue weighted by atomic mass is 10.4. The number of hydrogen-bond acceptors (Lipinski definition) is 2. The van der Waals surface area contributed by atoms with E-state index in [0.29, 0.717) is 11.2 Å². The van der Waals surface area contributed by atoms with E-state index in [2.05, 4.69) is 17.6 Å². The molecular formula is C7H14N2OS. The normalized spacial score (nSPS) is 34.6. The Bertz CT molecular complexity index is 174. The first kappa shape index (κ1) is 8.74. The molecule has 0 saturated heterocycles. The molecule has 1 aliphatic carbocycles. The van der Waals surface area contributed by atoms with E-state index in [1.165, 1.54) is 0 Å². The molecule has 11 heavy (non-hydrogen) atoms. The maximum absolute atomic E-state index is 5.26. The molecule has 0 aliphatic heterocycles. The Morgan fingerprint density at radius 2 is 2.36 bits per heavy atom. The summed E-state index contributed by atoms with van der Waals surface area (Å²) in [6.45, 7) is 2.07. The molecule has 1 aliphatic rings. The third-order valence-electron chi connectivity index (χ3n) is 2.19. The van der Waals surface area contributed by atoms with Crippen molar-refractivity contribution >= 4 is 17.3 Å². The largest absolute Gasteiger partial charge is 0.376 e. The van der Waals surface area contributed by atoms with Gasteiger partial charge in [0.05, 0.1) is 11.6 Å². The summed E-state index contributed by atoms with van der Waals surface area (Å²) in [7, 11) is 3.53. The highest BCUT2D eigenvalue weighted by molar-refractivity contribution is 7.80. The lowest BCUT2D eigenvalue weighted by Gasteiger charge is -2.10. The van der Waals surface area contributed by atoms with Crippen molar-refractivity contribution in [3.63, 3.8) is 0 Å². The van der Waals surface area contributed by atoms with Gasteiger partial charge in [-0.05, 0) is 19.1 Å². The first-order valence-corrected chi connectivity index (χ1v) is 4.06. The minimum absolute atomic E-state index is 0.000903. The van der Waals surface area contributed by atoms with Gasteiger partial charge in [-0.2, -0.15) is 0 Å². The lowest BCUT2D eigenvalue weighted by Crippen LogP contribution is -2.37. The molecule has 2 N–H and O–H groups in total. The van der Waals surface area contributed by atoms with Crippen LogP contribution in [0.5, 0.6) is 0 Å². The molecule has 0 aromatic rings. The molecular weight excluding hydrogens is 160 g/mol. The predicted molar refractivity (Wildman–Crippen MR) is 48.6 cm³/mol. The summed E-state index contributed by atoms with van der Waals surface area (Å²) >= 11 is 4.94. The third-order valence-corrected chi connectivity index (χ3v) is 2.51. The van der Waals surface area contributed by atoms with Crippen molar-refractivity contribution in [2.75, 3.05) is 14.2 Å². The van der Waals surface area contributed by atoms with Gasteiger partial charge in [-0.3, -0.25) is 0 Å². The summed E-state index contributed by atoms with van der Waals surface area (Å²) in [5.74, 6) is 0. The zero-order valence-electron chi connectivity index (χ0n) is 7.10. The summed E-state index contributed by atoms with van der Waals surface area (Å²) < 4.78 is 5.26. The Morgan fingerprint density at radius 1 is 1.73 bits per heavy atom. The molecule has 0 aromatic carbocycles. The molecule has 1 rings (SSSR count). The van der Waals surface area contributed by atoms with Crippen molar-refractivity contribution in [1.29, 1.82) is 0 Å². The van der Waals surface area contributed by atoms with E-state index in [0.717, 1.165) is 6.42 Å². The second kappa shape index (κ2) is 2.95. The molecule has 4 heteroatoms. The van der Waals surface area contributed by atoms with Crippen molar-refractivity contribution in [2.45, 2.75) is 25.0 Å². The van der Waals surface area contributed by atoms with Crippen molar-refractivity contribution in [3.05, 3.63) is 0 Å². The van der Waals surface area contributed by atoms with Crippen LogP contribution in [0.15, 0.2) is 0 Å². The van der Waals surface area contributed by atoms with Gasteiger partial charge in [-0.15, -0.1) is 0 Å². The highest BCUT2D eigenvalue weighted by Crippen LogP contribution is 2.38. The fraction of sp³-hybridized carbons (Fsp3) is 0.857. The Morgan fingerprint density at radius 3 is 2.73 bits per heavy atom. The molecule has 1 saturated carbocycles. The molecule has 2 atom stereocenters. The highest BCUT2D eigenvalue weighted by Gasteiger charge is 2.51. The molecule has 0 heterocycles. The number of hydrogen-bond donors (Lipinski definition) is 2. The maximum Gasteiger partial charge on any atom is 0.166 e. The number of ether oxygens (including phenoxy) is 1. The van der Waals surface area contributed by atoms with Crippen molar-refractivity contribution < 1.29 is 4.74 Å².